The Hall–Kier alpha value is -7.22. The summed E-state index contributed by atoms with van der Waals surface area (Å²) >= 11 is 0. The van der Waals surface area contributed by atoms with E-state index in [2.05, 4.69) is 5.32 Å². The van der Waals surface area contributed by atoms with Crippen molar-refractivity contribution in [3.05, 3.63) is 82.9 Å². The zero-order valence-corrected chi connectivity index (χ0v) is 34.1. The van der Waals surface area contributed by atoms with Gasteiger partial charge in [-0.2, -0.15) is 0 Å². The summed E-state index contributed by atoms with van der Waals surface area (Å²) in [6.07, 6.45) is -7.40. The number of hydrogen-bond donors (Lipinski definition) is 2. The second-order valence-electron chi connectivity index (χ2n) is 14.2. The molecular formula is C42H41NO19. The third-order valence-electron chi connectivity index (χ3n) is 9.80. The number of ether oxygens (including phenoxy) is 10. The molecule has 7 atom stereocenters. The van der Waals surface area contributed by atoms with E-state index < -0.39 is 109 Å². The molecule has 328 valence electrons. The molecule has 0 aromatic heterocycles. The Balaban J connectivity index is 1.50. The van der Waals surface area contributed by atoms with Crippen LogP contribution < -0.4 is 19.5 Å². The van der Waals surface area contributed by atoms with Gasteiger partial charge in [0.25, 0.3) is 0 Å². The summed E-state index contributed by atoms with van der Waals surface area (Å²) in [7, 11) is 1.00. The minimum absolute atomic E-state index is 0.0176. The summed E-state index contributed by atoms with van der Waals surface area (Å²) < 4.78 is 57.7. The van der Waals surface area contributed by atoms with Gasteiger partial charge in [0.05, 0.1) is 25.1 Å². The Labute approximate surface area is 352 Å². The first kappa shape index (κ1) is 44.3. The Kier molecular flexibility index (Phi) is 12.7. The maximum Gasteiger partial charge on any atom is 0.379 e. The molecule has 6 rings (SSSR count). The van der Waals surface area contributed by atoms with Crippen LogP contribution in [0.25, 0.3) is 0 Å². The van der Waals surface area contributed by atoms with Crippen LogP contribution in [0.1, 0.15) is 68.1 Å². The van der Waals surface area contributed by atoms with Crippen molar-refractivity contribution in [2.75, 3.05) is 20.3 Å². The van der Waals surface area contributed by atoms with Crippen molar-refractivity contribution in [2.24, 2.45) is 0 Å². The summed E-state index contributed by atoms with van der Waals surface area (Å²) in [6.45, 7) is 3.91. The predicted molar refractivity (Wildman–Crippen MR) is 204 cm³/mol. The van der Waals surface area contributed by atoms with E-state index in [1.807, 2.05) is 0 Å². The standard InChI is InChI=1S/C42H41NO19/c1-20(44)43-36-33(56-22(3)46)17-41(40(52)53-6,61-38(36)37(58-24(5)48)34(57-23(4)47)18-54-21(2)45)60-26-12-14-30-32(16-26)59-31-15-25(55-19-35(49)50)11-13-29(31)42(30)28-10-8-7-9-27(28)39(51)62-42/h7-16,33-34,36-38H,17-19H2,1-6H3,(H,43,44)(H,49,50)/t33?,34-,36?,37-,38?,41?,42?/m1/s1. The van der Waals surface area contributed by atoms with E-state index in [0.29, 0.717) is 16.7 Å². The molecule has 1 spiro atoms. The highest BCUT2D eigenvalue weighted by Crippen LogP contribution is 2.57. The zero-order valence-electron chi connectivity index (χ0n) is 34.1. The molecule has 2 N–H and O–H groups in total. The Morgan fingerprint density at radius 3 is 2.06 bits per heavy atom. The van der Waals surface area contributed by atoms with Crippen molar-refractivity contribution >= 4 is 47.7 Å². The van der Waals surface area contributed by atoms with Crippen molar-refractivity contribution in [2.45, 2.75) is 82.9 Å². The minimum atomic E-state index is -2.63. The lowest BCUT2D eigenvalue weighted by Crippen LogP contribution is -2.70. The number of esters is 6. The first-order chi connectivity index (χ1) is 29.4. The molecule has 62 heavy (non-hydrogen) atoms. The molecule has 3 aromatic carbocycles. The fraction of sp³-hybridized carbons (Fsp3) is 0.381. The number of benzene rings is 3. The number of nitrogens with one attached hydrogen (secondary N) is 1. The molecule has 1 fully saturated rings. The molecule has 0 aliphatic carbocycles. The van der Waals surface area contributed by atoms with Crippen molar-refractivity contribution in [3.63, 3.8) is 0 Å². The number of amides is 1. The van der Waals surface area contributed by atoms with E-state index in [1.165, 1.54) is 30.3 Å². The quantitative estimate of drug-likeness (QED) is 0.174. The molecule has 0 radical (unpaired) electrons. The molecule has 3 heterocycles. The molecule has 0 saturated carbocycles. The number of hydrogen-bond acceptors (Lipinski definition) is 18. The van der Waals surface area contributed by atoms with E-state index in [4.69, 9.17) is 47.4 Å². The second-order valence-corrected chi connectivity index (χ2v) is 14.2. The number of fused-ring (bicyclic) bond motifs is 6. The lowest BCUT2D eigenvalue weighted by molar-refractivity contribution is -0.289. The highest BCUT2D eigenvalue weighted by atomic mass is 16.7. The highest BCUT2D eigenvalue weighted by Gasteiger charge is 2.61. The summed E-state index contributed by atoms with van der Waals surface area (Å²) in [5, 5.41) is 11.8. The number of rotatable bonds is 14. The fourth-order valence-corrected chi connectivity index (χ4v) is 7.63. The van der Waals surface area contributed by atoms with Crippen LogP contribution >= 0.6 is 0 Å². The summed E-state index contributed by atoms with van der Waals surface area (Å²) in [5.74, 6) is -9.93. The van der Waals surface area contributed by atoms with Gasteiger partial charge in [0, 0.05) is 63.4 Å². The summed E-state index contributed by atoms with van der Waals surface area (Å²) in [5.41, 5.74) is -0.224. The highest BCUT2D eigenvalue weighted by molar-refractivity contribution is 5.97. The summed E-state index contributed by atoms with van der Waals surface area (Å²) in [6, 6.07) is 13.9. The van der Waals surface area contributed by atoms with Crippen molar-refractivity contribution in [3.8, 4) is 23.0 Å². The van der Waals surface area contributed by atoms with Crippen LogP contribution in [0.4, 0.5) is 0 Å². The lowest BCUT2D eigenvalue weighted by Gasteiger charge is -2.48. The molecular weight excluding hydrogens is 822 g/mol. The molecule has 3 aromatic rings. The maximum absolute atomic E-state index is 14.1. The SMILES string of the molecule is COC(=O)C1(Oc2ccc3c(c2)Oc2cc(OCC(=O)O)ccc2C32OC(=O)c3ccccc32)CC(OC(C)=O)C(NC(C)=O)C([C@H](OC(C)=O)[C@@H](COC(C)=O)OC(C)=O)O1. The van der Waals surface area contributed by atoms with Gasteiger partial charge in [-0.1, -0.05) is 18.2 Å². The van der Waals surface area contributed by atoms with E-state index in [0.717, 1.165) is 41.7 Å². The number of aliphatic carboxylic acids is 1. The molecule has 0 bridgehead atoms. The Morgan fingerprint density at radius 2 is 1.47 bits per heavy atom. The smallest absolute Gasteiger partial charge is 0.379 e. The van der Waals surface area contributed by atoms with Crippen LogP contribution in [0, 0.1) is 0 Å². The third kappa shape index (κ3) is 8.94. The van der Waals surface area contributed by atoms with Gasteiger partial charge in [-0.15, -0.1) is 0 Å². The van der Waals surface area contributed by atoms with Crippen molar-refractivity contribution in [1.29, 1.82) is 0 Å². The van der Waals surface area contributed by atoms with Crippen molar-refractivity contribution < 1.29 is 90.8 Å². The topological polar surface area (TPSA) is 261 Å². The molecule has 1 saturated heterocycles. The van der Waals surface area contributed by atoms with Crippen molar-refractivity contribution in [1.82, 2.24) is 5.32 Å². The molecule has 5 unspecified atom stereocenters. The molecule has 3 aliphatic heterocycles. The molecule has 1 amide bonds. The van der Waals surface area contributed by atoms with E-state index in [9.17, 15) is 43.5 Å². The van der Waals surface area contributed by atoms with Gasteiger partial charge < -0.3 is 57.8 Å². The van der Waals surface area contributed by atoms with Gasteiger partial charge in [0.15, 0.2) is 24.4 Å². The first-order valence-corrected chi connectivity index (χ1v) is 18.9. The second kappa shape index (κ2) is 17.8. The Bertz CT molecular complexity index is 2330. The predicted octanol–water partition coefficient (Wildman–Crippen LogP) is 2.62. The molecule has 20 heteroatoms. The van der Waals surface area contributed by atoms with Gasteiger partial charge in [0.1, 0.15) is 41.8 Å². The van der Waals surface area contributed by atoms with Gasteiger partial charge in [0.2, 0.25) is 5.91 Å². The number of carboxylic acid groups (broad SMARTS) is 1. The summed E-state index contributed by atoms with van der Waals surface area (Å²) in [4.78, 5) is 101. The largest absolute Gasteiger partial charge is 0.482 e. The van der Waals surface area contributed by atoms with Crippen LogP contribution in [0.15, 0.2) is 60.7 Å². The fourth-order valence-electron chi connectivity index (χ4n) is 7.63. The molecule has 3 aliphatic rings. The van der Waals surface area contributed by atoms with Crippen LogP contribution in [0.3, 0.4) is 0 Å². The van der Waals surface area contributed by atoms with Crippen LogP contribution in [-0.2, 0) is 72.3 Å². The van der Waals surface area contributed by atoms with E-state index in [-0.39, 0.29) is 28.6 Å². The normalized spacial score (nSPS) is 22.7. The van der Waals surface area contributed by atoms with Gasteiger partial charge in [-0.3, -0.25) is 24.0 Å². The number of carboxylic acids is 1. The zero-order chi connectivity index (χ0) is 45.1. The van der Waals surface area contributed by atoms with Gasteiger partial charge in [-0.25, -0.2) is 14.4 Å². The Morgan fingerprint density at radius 1 is 0.823 bits per heavy atom. The maximum atomic E-state index is 14.1. The van der Waals surface area contributed by atoms with Gasteiger partial charge in [-0.05, 0) is 30.3 Å². The van der Waals surface area contributed by atoms with Crippen LogP contribution in [0.5, 0.6) is 23.0 Å². The monoisotopic (exact) mass is 863 g/mol. The number of carbonyl (C=O) groups excluding carboxylic acids is 7. The minimum Gasteiger partial charge on any atom is -0.482 e. The number of methoxy groups -OCH3 is 1. The average molecular weight is 864 g/mol. The van der Waals surface area contributed by atoms with E-state index >= 15 is 0 Å². The number of carbonyl (C=O) groups is 8. The van der Waals surface area contributed by atoms with Crippen LogP contribution in [-0.4, -0.2) is 109 Å². The first-order valence-electron chi connectivity index (χ1n) is 18.9. The van der Waals surface area contributed by atoms with E-state index in [1.54, 1.807) is 30.3 Å². The lowest BCUT2D eigenvalue weighted by atomic mass is 9.77. The van der Waals surface area contributed by atoms with Crippen LogP contribution in [0.2, 0.25) is 0 Å². The average Bonchev–Trinajstić information content (AvgIpc) is 3.49. The van der Waals surface area contributed by atoms with Gasteiger partial charge >= 0.3 is 47.6 Å². The third-order valence-corrected chi connectivity index (χ3v) is 9.80. The molecule has 20 nitrogen and oxygen atoms in total.